The highest BCUT2D eigenvalue weighted by Gasteiger charge is 2.40. The van der Waals surface area contributed by atoms with E-state index in [1.165, 1.54) is 6.26 Å². The van der Waals surface area contributed by atoms with Gasteiger partial charge in [0.15, 0.2) is 18.7 Å². The van der Waals surface area contributed by atoms with Crippen molar-refractivity contribution >= 4 is 10.1 Å². The highest BCUT2D eigenvalue weighted by molar-refractivity contribution is 7.86. The van der Waals surface area contributed by atoms with Crippen LogP contribution in [0.25, 0.3) is 0 Å². The van der Waals surface area contributed by atoms with Crippen molar-refractivity contribution in [2.75, 3.05) is 40.0 Å². The molecule has 1 aromatic rings. The molecule has 28 heavy (non-hydrogen) atoms. The molecule has 0 spiro atoms. The third-order valence-corrected chi connectivity index (χ3v) is 4.32. The third kappa shape index (κ3) is 7.74. The average molecular weight is 418 g/mol. The highest BCUT2D eigenvalue weighted by Crippen LogP contribution is 2.24. The zero-order valence-corrected chi connectivity index (χ0v) is 16.7. The first-order valence-electron chi connectivity index (χ1n) is 8.63. The van der Waals surface area contributed by atoms with E-state index in [1.54, 1.807) is 7.11 Å². The van der Waals surface area contributed by atoms with Gasteiger partial charge in [0.05, 0.1) is 32.7 Å². The van der Waals surface area contributed by atoms with E-state index >= 15 is 0 Å². The monoisotopic (exact) mass is 418 g/mol. The second kappa shape index (κ2) is 11.3. The predicted octanol–water partition coefficient (Wildman–Crippen LogP) is 0.786. The molecule has 0 radical (unpaired) electrons. The van der Waals surface area contributed by atoms with Crippen molar-refractivity contribution in [3.63, 3.8) is 0 Å². The molecule has 1 aliphatic heterocycles. The van der Waals surface area contributed by atoms with Crippen LogP contribution >= 0.6 is 0 Å². The van der Waals surface area contributed by atoms with Crippen LogP contribution in [0.4, 0.5) is 0 Å². The summed E-state index contributed by atoms with van der Waals surface area (Å²) < 4.78 is 54.6. The van der Waals surface area contributed by atoms with Crippen LogP contribution in [0.3, 0.4) is 0 Å². The fourth-order valence-corrected chi connectivity index (χ4v) is 3.05. The van der Waals surface area contributed by atoms with Gasteiger partial charge in [-0.3, -0.25) is 4.18 Å². The van der Waals surface area contributed by atoms with Crippen molar-refractivity contribution in [1.82, 2.24) is 0 Å². The molecule has 2 rings (SSSR count). The van der Waals surface area contributed by atoms with Crippen LogP contribution in [0, 0.1) is 0 Å². The molecule has 0 fully saturated rings. The quantitative estimate of drug-likeness (QED) is 0.299. The fourth-order valence-electron chi connectivity index (χ4n) is 2.41. The molecule has 1 heterocycles. The van der Waals surface area contributed by atoms with Gasteiger partial charge >= 0.3 is 0 Å². The molecule has 0 saturated heterocycles. The standard InChI is InChI=1S/C18H26O9S/c1-22-8-9-23-13-26-15-12-25-16(18(17(15)19)27-28(2,20)21)11-24-10-14-6-4-3-5-7-14/h3-7,12,16-19H,8-11,13H2,1-2H3/t16-,17-,18-/m1/s1. The number of methoxy groups -OCH3 is 1. The van der Waals surface area contributed by atoms with E-state index in [0.717, 1.165) is 11.8 Å². The number of rotatable bonds is 12. The zero-order valence-electron chi connectivity index (χ0n) is 15.9. The number of aliphatic hydroxyl groups is 1. The fraction of sp³-hybridized carbons (Fsp3) is 0.556. The topological polar surface area (TPSA) is 110 Å². The van der Waals surface area contributed by atoms with Crippen LogP contribution in [0.1, 0.15) is 5.56 Å². The Labute approximate surface area is 164 Å². The lowest BCUT2D eigenvalue weighted by molar-refractivity contribution is -0.123. The van der Waals surface area contributed by atoms with Gasteiger partial charge in [0, 0.05) is 7.11 Å². The van der Waals surface area contributed by atoms with Crippen LogP contribution in [0.15, 0.2) is 42.4 Å². The first-order chi connectivity index (χ1) is 13.4. The van der Waals surface area contributed by atoms with Crippen LogP contribution in [0.5, 0.6) is 0 Å². The van der Waals surface area contributed by atoms with Crippen molar-refractivity contribution < 1.29 is 41.4 Å². The Kier molecular flexibility index (Phi) is 9.16. The molecule has 1 aliphatic rings. The Hall–Kier alpha value is -1.69. The molecule has 9 nitrogen and oxygen atoms in total. The Morgan fingerprint density at radius 1 is 1.14 bits per heavy atom. The molecule has 0 saturated carbocycles. The molecule has 0 aliphatic carbocycles. The maximum absolute atomic E-state index is 11.6. The number of hydrogen-bond donors (Lipinski definition) is 1. The molecule has 0 aromatic heterocycles. The van der Waals surface area contributed by atoms with E-state index in [9.17, 15) is 13.5 Å². The highest BCUT2D eigenvalue weighted by atomic mass is 32.2. The predicted molar refractivity (Wildman–Crippen MR) is 98.6 cm³/mol. The molecule has 3 atom stereocenters. The SMILES string of the molecule is COCCOCOC1=CO[C@H](COCc2ccccc2)[C@@H](OS(C)(=O)=O)[C@@H]1O. The number of aliphatic hydroxyl groups excluding tert-OH is 1. The number of hydrogen-bond acceptors (Lipinski definition) is 9. The van der Waals surface area contributed by atoms with Gasteiger partial charge in [-0.1, -0.05) is 30.3 Å². The lowest BCUT2D eigenvalue weighted by Gasteiger charge is -2.33. The maximum atomic E-state index is 11.6. The molecule has 0 bridgehead atoms. The van der Waals surface area contributed by atoms with E-state index in [4.69, 9.17) is 27.9 Å². The summed E-state index contributed by atoms with van der Waals surface area (Å²) in [6, 6.07) is 9.46. The minimum Gasteiger partial charge on any atom is -0.489 e. The summed E-state index contributed by atoms with van der Waals surface area (Å²) in [5.41, 5.74) is 0.951. The molecular formula is C18H26O9S. The van der Waals surface area contributed by atoms with Crippen molar-refractivity contribution in [2.45, 2.75) is 24.9 Å². The molecule has 0 unspecified atom stereocenters. The Bertz CT molecular complexity index is 705. The molecule has 158 valence electrons. The number of ether oxygens (including phenoxy) is 5. The van der Waals surface area contributed by atoms with Gasteiger partial charge in [0.25, 0.3) is 10.1 Å². The summed E-state index contributed by atoms with van der Waals surface area (Å²) in [5, 5.41) is 10.5. The van der Waals surface area contributed by atoms with Crippen LogP contribution < -0.4 is 0 Å². The van der Waals surface area contributed by atoms with Gasteiger partial charge in [-0.2, -0.15) is 8.42 Å². The average Bonchev–Trinajstić information content (AvgIpc) is 2.65. The van der Waals surface area contributed by atoms with E-state index in [1.807, 2.05) is 30.3 Å². The van der Waals surface area contributed by atoms with Gasteiger partial charge < -0.3 is 28.8 Å². The first kappa shape index (κ1) is 22.6. The van der Waals surface area contributed by atoms with Gasteiger partial charge in [-0.15, -0.1) is 0 Å². The van der Waals surface area contributed by atoms with Crippen LogP contribution in [-0.4, -0.2) is 71.8 Å². The van der Waals surface area contributed by atoms with Crippen LogP contribution in [0.2, 0.25) is 0 Å². The third-order valence-electron chi connectivity index (χ3n) is 3.75. The summed E-state index contributed by atoms with van der Waals surface area (Å²) >= 11 is 0. The summed E-state index contributed by atoms with van der Waals surface area (Å²) in [4.78, 5) is 0. The Balaban J connectivity index is 1.94. The molecule has 1 N–H and O–H groups in total. The molecule has 1 aromatic carbocycles. The summed E-state index contributed by atoms with van der Waals surface area (Å²) in [6.45, 7) is 0.863. The lowest BCUT2D eigenvalue weighted by atomic mass is 10.1. The van der Waals surface area contributed by atoms with Crippen molar-refractivity contribution in [2.24, 2.45) is 0 Å². The smallest absolute Gasteiger partial charge is 0.264 e. The van der Waals surface area contributed by atoms with Crippen molar-refractivity contribution in [3.05, 3.63) is 47.9 Å². The summed E-state index contributed by atoms with van der Waals surface area (Å²) in [7, 11) is -2.31. The second-order valence-electron chi connectivity index (χ2n) is 6.07. The van der Waals surface area contributed by atoms with Crippen molar-refractivity contribution in [3.8, 4) is 0 Å². The first-order valence-corrected chi connectivity index (χ1v) is 10.5. The van der Waals surface area contributed by atoms with E-state index in [2.05, 4.69) is 0 Å². The van der Waals surface area contributed by atoms with Gasteiger partial charge in [-0.25, -0.2) is 0 Å². The normalized spacial score (nSPS) is 22.4. The van der Waals surface area contributed by atoms with Gasteiger partial charge in [-0.05, 0) is 5.56 Å². The van der Waals surface area contributed by atoms with Crippen molar-refractivity contribution in [1.29, 1.82) is 0 Å². The van der Waals surface area contributed by atoms with Gasteiger partial charge in [0.2, 0.25) is 0 Å². The van der Waals surface area contributed by atoms with Gasteiger partial charge in [0.1, 0.15) is 18.5 Å². The van der Waals surface area contributed by atoms with Crippen LogP contribution in [-0.2, 0) is 44.6 Å². The summed E-state index contributed by atoms with van der Waals surface area (Å²) in [6.07, 6.45) is -1.31. The Morgan fingerprint density at radius 3 is 2.57 bits per heavy atom. The Morgan fingerprint density at radius 2 is 1.89 bits per heavy atom. The van der Waals surface area contributed by atoms with E-state index in [0.29, 0.717) is 19.8 Å². The minimum absolute atomic E-state index is 0.00498. The zero-order chi connectivity index (χ0) is 20.4. The second-order valence-corrected chi connectivity index (χ2v) is 7.67. The maximum Gasteiger partial charge on any atom is 0.264 e. The molecule has 10 heteroatoms. The molecular weight excluding hydrogens is 392 g/mol. The molecule has 0 amide bonds. The largest absolute Gasteiger partial charge is 0.489 e. The van der Waals surface area contributed by atoms with E-state index < -0.39 is 28.4 Å². The van der Waals surface area contributed by atoms with E-state index in [-0.39, 0.29) is 19.2 Å². The lowest BCUT2D eigenvalue weighted by Crippen LogP contribution is -2.48. The minimum atomic E-state index is -3.85. The number of benzene rings is 1. The summed E-state index contributed by atoms with van der Waals surface area (Å²) in [5.74, 6) is 0.00498.